The second-order valence-electron chi connectivity index (χ2n) is 5.93. The second kappa shape index (κ2) is 6.24. The Labute approximate surface area is 147 Å². The molecule has 12 heteroatoms. The van der Waals surface area contributed by atoms with Gasteiger partial charge in [0.15, 0.2) is 28.4 Å². The van der Waals surface area contributed by atoms with Crippen LogP contribution in [0.1, 0.15) is 23.3 Å². The Morgan fingerprint density at radius 1 is 1.24 bits per heavy atom. The largest absolute Gasteiger partial charge is 0.465 e. The van der Waals surface area contributed by atoms with Crippen molar-refractivity contribution in [2.75, 3.05) is 31.1 Å². The van der Waals surface area contributed by atoms with Gasteiger partial charge in [0.05, 0.1) is 5.54 Å². The van der Waals surface area contributed by atoms with Gasteiger partial charge >= 0.3 is 12.0 Å². The van der Waals surface area contributed by atoms with Crippen molar-refractivity contribution in [3.05, 3.63) is 10.8 Å². The number of nitrogens with one attached hydrogen (secondary N) is 2. The Balaban J connectivity index is 1.71. The van der Waals surface area contributed by atoms with Crippen LogP contribution in [-0.4, -0.2) is 63.1 Å². The fraction of sp³-hybridized carbons (Fsp3) is 0.462. The van der Waals surface area contributed by atoms with Crippen molar-refractivity contribution in [2.45, 2.75) is 18.4 Å². The number of aliphatic imine (C=N–C) groups is 1. The highest BCUT2D eigenvalue weighted by atomic mass is 35.5. The fourth-order valence-electron chi connectivity index (χ4n) is 2.84. The number of rotatable bonds is 1. The maximum Gasteiger partial charge on any atom is 0.407 e. The predicted molar refractivity (Wildman–Crippen MR) is 90.3 cm³/mol. The molecule has 1 aromatic rings. The monoisotopic (exact) mass is 368 g/mol. The minimum Gasteiger partial charge on any atom is -0.465 e. The van der Waals surface area contributed by atoms with Crippen LogP contribution in [0.4, 0.5) is 16.4 Å². The van der Waals surface area contributed by atoms with E-state index in [9.17, 15) is 9.59 Å². The number of carbonyl (C=O) groups excluding carboxylic acids is 1. The molecule has 0 radical (unpaired) electrons. The lowest BCUT2D eigenvalue weighted by molar-refractivity contribution is 0.0998. The number of piperidine rings is 1. The summed E-state index contributed by atoms with van der Waals surface area (Å²) in [5.74, 6) is -0.645. The van der Waals surface area contributed by atoms with Gasteiger partial charge in [0, 0.05) is 19.6 Å². The molecule has 3 rings (SSSR count). The zero-order chi connectivity index (χ0) is 18.2. The number of aromatic nitrogens is 2. The van der Waals surface area contributed by atoms with Gasteiger partial charge in [0.25, 0.3) is 0 Å². The van der Waals surface area contributed by atoms with E-state index in [1.807, 2.05) is 0 Å². The summed E-state index contributed by atoms with van der Waals surface area (Å²) in [6, 6.07) is 0. The lowest BCUT2D eigenvalue weighted by atomic mass is 9.89. The van der Waals surface area contributed by atoms with Crippen molar-refractivity contribution in [2.24, 2.45) is 4.99 Å². The van der Waals surface area contributed by atoms with Crippen molar-refractivity contribution in [3.8, 4) is 0 Å². The van der Waals surface area contributed by atoms with Crippen LogP contribution in [0.2, 0.25) is 5.15 Å². The molecule has 7 N–H and O–H groups in total. The van der Waals surface area contributed by atoms with E-state index in [0.717, 1.165) is 0 Å². The first-order chi connectivity index (χ1) is 11.8. The number of carbonyl (C=O) groups is 2. The summed E-state index contributed by atoms with van der Waals surface area (Å²) < 4.78 is 0. The van der Waals surface area contributed by atoms with Crippen molar-refractivity contribution in [1.29, 1.82) is 0 Å². The number of anilines is 2. The Kier molecular flexibility index (Phi) is 4.25. The molecule has 134 valence electrons. The van der Waals surface area contributed by atoms with Gasteiger partial charge in [0.2, 0.25) is 0 Å². The van der Waals surface area contributed by atoms with Crippen molar-refractivity contribution in [1.82, 2.24) is 25.5 Å². The summed E-state index contributed by atoms with van der Waals surface area (Å²) in [7, 11) is 0. The molecule has 2 amide bonds. The number of nitrogens with two attached hydrogens (primary N) is 2. The molecule has 2 aliphatic heterocycles. The van der Waals surface area contributed by atoms with E-state index in [1.54, 1.807) is 0 Å². The maximum absolute atomic E-state index is 12.3. The maximum atomic E-state index is 12.3. The van der Waals surface area contributed by atoms with Crippen LogP contribution in [0.25, 0.3) is 0 Å². The Hall–Kier alpha value is -2.82. The topological polar surface area (TPSA) is 172 Å². The standard InChI is InChI=1S/C13H17ClN8O3/c14-7-9(16)19-8(15)6(18-7)10(23)20-11-17-5-13(21-11)1-3-22(4-2-13)12(24)25/h1-5H2,(H,24,25)(H4,15,16,19)(H2,17,20,21,23). The number of guanidine groups is 1. The molecule has 0 aliphatic carbocycles. The van der Waals surface area contributed by atoms with Crippen molar-refractivity contribution >= 4 is 41.2 Å². The molecular formula is C13H17ClN8O3. The average Bonchev–Trinajstić information content (AvgIpc) is 2.93. The van der Waals surface area contributed by atoms with E-state index in [1.165, 1.54) is 4.90 Å². The van der Waals surface area contributed by atoms with Gasteiger partial charge in [-0.05, 0) is 12.8 Å². The van der Waals surface area contributed by atoms with Crippen LogP contribution in [0, 0.1) is 0 Å². The van der Waals surface area contributed by atoms with Gasteiger partial charge in [-0.3, -0.25) is 4.79 Å². The molecule has 0 saturated carbocycles. The Morgan fingerprint density at radius 2 is 1.92 bits per heavy atom. The van der Waals surface area contributed by atoms with Crippen LogP contribution in [0.5, 0.6) is 0 Å². The quantitative estimate of drug-likeness (QED) is 0.437. The fourth-order valence-corrected chi connectivity index (χ4v) is 2.97. The minimum absolute atomic E-state index is 0.0652. The molecule has 0 aromatic carbocycles. The first-order valence-corrected chi connectivity index (χ1v) is 7.89. The zero-order valence-corrected chi connectivity index (χ0v) is 13.9. The first-order valence-electron chi connectivity index (χ1n) is 7.51. The number of hydrogen-bond acceptors (Lipinski definition) is 6. The van der Waals surface area contributed by atoms with Gasteiger partial charge < -0.3 is 32.1 Å². The number of nitrogens with zero attached hydrogens (tertiary/aromatic N) is 4. The van der Waals surface area contributed by atoms with Crippen LogP contribution >= 0.6 is 11.6 Å². The number of hydrogen-bond donors (Lipinski definition) is 5. The van der Waals surface area contributed by atoms with Crippen molar-refractivity contribution in [3.63, 3.8) is 0 Å². The molecule has 1 spiro atoms. The minimum atomic E-state index is -0.931. The van der Waals surface area contributed by atoms with Crippen LogP contribution in [0.15, 0.2) is 4.99 Å². The number of carboxylic acid groups (broad SMARTS) is 1. The van der Waals surface area contributed by atoms with Crippen LogP contribution in [0.3, 0.4) is 0 Å². The lowest BCUT2D eigenvalue weighted by Crippen LogP contribution is -2.53. The third-order valence-electron chi connectivity index (χ3n) is 4.29. The number of likely N-dealkylation sites (tertiary alicyclic amines) is 1. The number of nitrogen functional groups attached to an aromatic ring is 2. The van der Waals surface area contributed by atoms with E-state index in [2.05, 4.69) is 25.6 Å². The van der Waals surface area contributed by atoms with E-state index >= 15 is 0 Å². The summed E-state index contributed by atoms with van der Waals surface area (Å²) in [6.45, 7) is 1.37. The van der Waals surface area contributed by atoms with Crippen molar-refractivity contribution < 1.29 is 14.7 Å². The van der Waals surface area contributed by atoms with Gasteiger partial charge in [0.1, 0.15) is 0 Å². The molecule has 2 saturated heterocycles. The van der Waals surface area contributed by atoms with E-state index in [0.29, 0.717) is 32.5 Å². The number of amides is 2. The molecule has 0 atom stereocenters. The first kappa shape index (κ1) is 17.0. The van der Waals surface area contributed by atoms with Gasteiger partial charge in [-0.1, -0.05) is 11.6 Å². The number of halogens is 1. The third-order valence-corrected chi connectivity index (χ3v) is 4.57. The Bertz CT molecular complexity index is 760. The lowest BCUT2D eigenvalue weighted by Gasteiger charge is -2.37. The SMILES string of the molecule is Nc1nc(N)c(C(=O)/N=C2\NCC3(CCN(C(=O)O)CC3)N2)nc1Cl. The normalized spacial score (nSPS) is 20.4. The summed E-state index contributed by atoms with van der Waals surface area (Å²) in [4.78, 5) is 36.1. The van der Waals surface area contributed by atoms with E-state index < -0.39 is 12.0 Å². The van der Waals surface area contributed by atoms with E-state index in [4.69, 9.17) is 28.2 Å². The molecule has 25 heavy (non-hydrogen) atoms. The average molecular weight is 369 g/mol. The Morgan fingerprint density at radius 3 is 2.56 bits per heavy atom. The molecule has 3 heterocycles. The summed E-state index contributed by atoms with van der Waals surface area (Å²) >= 11 is 5.76. The third kappa shape index (κ3) is 3.36. The predicted octanol–water partition coefficient (Wildman–Crippen LogP) is -0.504. The molecule has 0 unspecified atom stereocenters. The molecule has 11 nitrogen and oxygen atoms in total. The second-order valence-corrected chi connectivity index (χ2v) is 6.29. The van der Waals surface area contributed by atoms with Crippen LogP contribution < -0.4 is 22.1 Å². The highest BCUT2D eigenvalue weighted by Gasteiger charge is 2.40. The van der Waals surface area contributed by atoms with Gasteiger partial charge in [-0.25, -0.2) is 14.8 Å². The highest BCUT2D eigenvalue weighted by molar-refractivity contribution is 6.31. The van der Waals surface area contributed by atoms with E-state index in [-0.39, 0.29) is 34.0 Å². The molecule has 0 bridgehead atoms. The molecule has 1 aromatic heterocycles. The summed E-state index contributed by atoms with van der Waals surface area (Å²) in [5, 5.41) is 15.1. The molecular weight excluding hydrogens is 352 g/mol. The summed E-state index contributed by atoms with van der Waals surface area (Å²) in [5.41, 5.74) is 10.6. The molecule has 2 fully saturated rings. The van der Waals surface area contributed by atoms with Gasteiger partial charge in [-0.2, -0.15) is 4.99 Å². The summed E-state index contributed by atoms with van der Waals surface area (Å²) in [6.07, 6.45) is 0.281. The highest BCUT2D eigenvalue weighted by Crippen LogP contribution is 2.24. The zero-order valence-electron chi connectivity index (χ0n) is 13.1. The van der Waals surface area contributed by atoms with Crippen LogP contribution in [-0.2, 0) is 0 Å². The molecule has 2 aliphatic rings. The van der Waals surface area contributed by atoms with Gasteiger partial charge in [-0.15, -0.1) is 0 Å². The smallest absolute Gasteiger partial charge is 0.407 e.